The normalized spacial score (nSPS) is 16.8. The number of benzene rings is 3. The van der Waals surface area contributed by atoms with E-state index in [9.17, 15) is 19.1 Å². The summed E-state index contributed by atoms with van der Waals surface area (Å²) in [6.45, 7) is 5.76. The molecule has 1 N–H and O–H groups in total. The van der Waals surface area contributed by atoms with Crippen LogP contribution in [-0.4, -0.2) is 41.5 Å². The van der Waals surface area contributed by atoms with Crippen molar-refractivity contribution in [2.75, 3.05) is 13.7 Å². The van der Waals surface area contributed by atoms with Crippen LogP contribution < -0.4 is 9.47 Å². The highest BCUT2D eigenvalue weighted by atomic mass is 35.5. The quantitative estimate of drug-likeness (QED) is 0.209. The molecule has 8 heteroatoms. The molecule has 1 atom stereocenters. The summed E-state index contributed by atoms with van der Waals surface area (Å²) >= 11 is 6.37. The van der Waals surface area contributed by atoms with Gasteiger partial charge in [0.15, 0.2) is 0 Å². The van der Waals surface area contributed by atoms with Crippen LogP contribution >= 0.6 is 11.6 Å². The number of aryl methyl sites for hydroxylation is 1. The molecule has 0 aliphatic carbocycles. The zero-order valence-corrected chi connectivity index (χ0v) is 22.4. The molecule has 198 valence electrons. The smallest absolute Gasteiger partial charge is 0.295 e. The molecular weight excluding hydrogens is 509 g/mol. The Labute approximate surface area is 226 Å². The first kappa shape index (κ1) is 27.2. The third-order valence-electron chi connectivity index (χ3n) is 6.29. The highest BCUT2D eigenvalue weighted by Crippen LogP contribution is 2.43. The zero-order valence-electron chi connectivity index (χ0n) is 21.6. The van der Waals surface area contributed by atoms with E-state index in [2.05, 4.69) is 0 Å². The van der Waals surface area contributed by atoms with Gasteiger partial charge >= 0.3 is 0 Å². The number of hydrogen-bond donors (Lipinski definition) is 1. The van der Waals surface area contributed by atoms with E-state index in [1.165, 1.54) is 24.1 Å². The summed E-state index contributed by atoms with van der Waals surface area (Å²) in [6.07, 6.45) is 0.291. The molecule has 6 nitrogen and oxygen atoms in total. The van der Waals surface area contributed by atoms with Crippen LogP contribution in [0.4, 0.5) is 4.39 Å². The van der Waals surface area contributed by atoms with E-state index in [4.69, 9.17) is 21.1 Å². The number of likely N-dealkylation sites (tertiary alicyclic amines) is 1. The Morgan fingerprint density at radius 1 is 1.11 bits per heavy atom. The van der Waals surface area contributed by atoms with Crippen molar-refractivity contribution >= 4 is 29.1 Å². The maximum Gasteiger partial charge on any atom is 0.295 e. The average Bonchev–Trinajstić information content (AvgIpc) is 3.12. The summed E-state index contributed by atoms with van der Waals surface area (Å²) in [7, 11) is 1.42. The van der Waals surface area contributed by atoms with Gasteiger partial charge in [-0.05, 0) is 80.3 Å². The minimum Gasteiger partial charge on any atom is -0.507 e. The topological polar surface area (TPSA) is 76.1 Å². The lowest BCUT2D eigenvalue weighted by molar-refractivity contribution is -0.139. The molecular formula is C30H29ClFNO5. The fraction of sp³-hybridized carbons (Fsp3) is 0.267. The lowest BCUT2D eigenvalue weighted by atomic mass is 9.94. The molecule has 1 amide bonds. The molecule has 4 rings (SSSR count). The summed E-state index contributed by atoms with van der Waals surface area (Å²) < 4.78 is 24.7. The zero-order chi connectivity index (χ0) is 27.6. The van der Waals surface area contributed by atoms with Gasteiger partial charge in [0.05, 0.1) is 35.4 Å². The molecule has 0 bridgehead atoms. The van der Waals surface area contributed by atoms with Gasteiger partial charge in [0.2, 0.25) is 0 Å². The Morgan fingerprint density at radius 3 is 2.47 bits per heavy atom. The van der Waals surface area contributed by atoms with E-state index >= 15 is 0 Å². The van der Waals surface area contributed by atoms with Gasteiger partial charge in [0.1, 0.15) is 23.1 Å². The Morgan fingerprint density at radius 2 is 1.82 bits per heavy atom. The number of aliphatic hydroxyl groups excluding tert-OH is 1. The second-order valence-electron chi connectivity index (χ2n) is 9.44. The fourth-order valence-corrected chi connectivity index (χ4v) is 5.00. The van der Waals surface area contributed by atoms with Crippen molar-refractivity contribution in [3.8, 4) is 11.5 Å². The van der Waals surface area contributed by atoms with Gasteiger partial charge in [-0.15, -0.1) is 0 Å². The molecule has 3 aromatic carbocycles. The van der Waals surface area contributed by atoms with Gasteiger partial charge in [0.25, 0.3) is 11.7 Å². The molecule has 1 aliphatic rings. The first-order valence-electron chi connectivity index (χ1n) is 12.2. The van der Waals surface area contributed by atoms with Crippen LogP contribution in [0.5, 0.6) is 11.5 Å². The number of rotatable bonds is 8. The number of aliphatic hydroxyl groups is 1. The van der Waals surface area contributed by atoms with E-state index in [-0.39, 0.29) is 46.1 Å². The molecule has 1 saturated heterocycles. The molecule has 0 aromatic heterocycles. The van der Waals surface area contributed by atoms with E-state index < -0.39 is 17.7 Å². The molecule has 1 aliphatic heterocycles. The van der Waals surface area contributed by atoms with Crippen molar-refractivity contribution in [1.29, 1.82) is 0 Å². The summed E-state index contributed by atoms with van der Waals surface area (Å²) in [5, 5.41) is 11.8. The van der Waals surface area contributed by atoms with Crippen molar-refractivity contribution in [1.82, 2.24) is 4.90 Å². The number of Topliss-reactive ketones (excluding diaryl/α,β-unsaturated/α-hetero) is 1. The largest absolute Gasteiger partial charge is 0.507 e. The molecule has 1 unspecified atom stereocenters. The third kappa shape index (κ3) is 5.53. The van der Waals surface area contributed by atoms with E-state index in [0.29, 0.717) is 17.7 Å². The minimum atomic E-state index is -0.893. The maximum absolute atomic E-state index is 13.4. The summed E-state index contributed by atoms with van der Waals surface area (Å²) in [4.78, 5) is 28.2. The van der Waals surface area contributed by atoms with Gasteiger partial charge in [-0.1, -0.05) is 35.9 Å². The second kappa shape index (κ2) is 11.3. The number of ether oxygens (including phenoxy) is 2. The third-order valence-corrected chi connectivity index (χ3v) is 6.57. The molecule has 1 fully saturated rings. The van der Waals surface area contributed by atoms with Crippen molar-refractivity contribution in [3.63, 3.8) is 0 Å². The van der Waals surface area contributed by atoms with Crippen molar-refractivity contribution in [2.45, 2.75) is 39.3 Å². The van der Waals surface area contributed by atoms with Crippen molar-refractivity contribution in [2.24, 2.45) is 0 Å². The van der Waals surface area contributed by atoms with Gasteiger partial charge in [-0.3, -0.25) is 9.59 Å². The number of carbonyl (C=O) groups is 2. The monoisotopic (exact) mass is 537 g/mol. The van der Waals surface area contributed by atoms with Crippen LogP contribution in [0.25, 0.3) is 5.76 Å². The molecule has 3 aromatic rings. The molecule has 0 radical (unpaired) electrons. The van der Waals surface area contributed by atoms with Gasteiger partial charge < -0.3 is 19.5 Å². The Bertz CT molecular complexity index is 1400. The van der Waals surface area contributed by atoms with Gasteiger partial charge in [0, 0.05) is 6.54 Å². The predicted molar refractivity (Wildman–Crippen MR) is 144 cm³/mol. The Kier molecular flexibility index (Phi) is 8.07. The number of halogens is 2. The van der Waals surface area contributed by atoms with E-state index in [0.717, 1.165) is 11.1 Å². The number of amides is 1. The summed E-state index contributed by atoms with van der Waals surface area (Å²) in [6, 6.07) is 15.5. The number of hydrogen-bond acceptors (Lipinski definition) is 5. The van der Waals surface area contributed by atoms with Crippen LogP contribution in [0.3, 0.4) is 0 Å². The van der Waals surface area contributed by atoms with E-state index in [1.807, 2.05) is 13.8 Å². The number of ketones is 1. The molecule has 0 saturated carbocycles. The maximum atomic E-state index is 13.4. The molecule has 38 heavy (non-hydrogen) atoms. The lowest BCUT2D eigenvalue weighted by Gasteiger charge is -2.26. The minimum absolute atomic E-state index is 0.0734. The molecule has 0 spiro atoms. The average molecular weight is 538 g/mol. The SMILES string of the molecule is COc1c(Cl)cc(C)cc1/C(O)=C1\C(=O)C(=O)N(CCc2ccc(F)cc2)C1c1cccc(OC(C)C)c1. The van der Waals surface area contributed by atoms with Crippen LogP contribution in [0, 0.1) is 12.7 Å². The lowest BCUT2D eigenvalue weighted by Crippen LogP contribution is -2.31. The first-order chi connectivity index (χ1) is 18.1. The molecule has 1 heterocycles. The van der Waals surface area contributed by atoms with Crippen LogP contribution in [-0.2, 0) is 16.0 Å². The predicted octanol–water partition coefficient (Wildman–Crippen LogP) is 6.25. The highest BCUT2D eigenvalue weighted by Gasteiger charge is 2.46. The fourth-order valence-electron chi connectivity index (χ4n) is 4.65. The first-order valence-corrected chi connectivity index (χ1v) is 12.6. The van der Waals surface area contributed by atoms with E-state index in [1.54, 1.807) is 55.5 Å². The van der Waals surface area contributed by atoms with Crippen molar-refractivity contribution < 1.29 is 28.6 Å². The van der Waals surface area contributed by atoms with Crippen LogP contribution in [0.15, 0.2) is 66.2 Å². The number of methoxy groups -OCH3 is 1. The number of nitrogens with zero attached hydrogens (tertiary/aromatic N) is 1. The summed E-state index contributed by atoms with van der Waals surface area (Å²) in [5.74, 6) is -1.54. The number of carbonyl (C=O) groups excluding carboxylic acids is 2. The summed E-state index contributed by atoms with van der Waals surface area (Å²) in [5.41, 5.74) is 2.29. The van der Waals surface area contributed by atoms with Crippen LogP contribution in [0.1, 0.15) is 42.1 Å². The Hall–Kier alpha value is -3.84. The van der Waals surface area contributed by atoms with Gasteiger partial charge in [-0.25, -0.2) is 4.39 Å². The van der Waals surface area contributed by atoms with Crippen molar-refractivity contribution in [3.05, 3.63) is 99.3 Å². The van der Waals surface area contributed by atoms with Gasteiger partial charge in [-0.2, -0.15) is 0 Å². The standard InChI is InChI=1S/C30H29ClFNO5/c1-17(2)38-22-7-5-6-20(16-22)26-25(27(34)23-14-18(3)15-24(31)29(23)37-4)28(35)30(36)33(26)13-12-19-8-10-21(32)11-9-19/h5-11,14-17,26,34H,12-13H2,1-4H3/b27-25+. The highest BCUT2D eigenvalue weighted by molar-refractivity contribution is 6.46. The Balaban J connectivity index is 1.86. The van der Waals surface area contributed by atoms with Crippen LogP contribution in [0.2, 0.25) is 5.02 Å². The second-order valence-corrected chi connectivity index (χ2v) is 9.84.